The third-order valence-electron chi connectivity index (χ3n) is 4.79. The fourth-order valence-electron chi connectivity index (χ4n) is 3.53. The first kappa shape index (κ1) is 15.7. The lowest BCUT2D eigenvalue weighted by Crippen LogP contribution is -2.22. The second-order valence-corrected chi connectivity index (χ2v) is 7.60. The van der Waals surface area contributed by atoms with Gasteiger partial charge in [-0.3, -0.25) is 4.90 Å². The lowest BCUT2D eigenvalue weighted by atomic mass is 10.2. The maximum Gasteiger partial charge on any atom is 0.195 e. The molecule has 0 aliphatic carbocycles. The van der Waals surface area contributed by atoms with E-state index in [1.165, 1.54) is 16.1 Å². The Bertz CT molecular complexity index is 977. The summed E-state index contributed by atoms with van der Waals surface area (Å²) in [4.78, 5) is 16.3. The molecule has 0 saturated carbocycles. The van der Waals surface area contributed by atoms with Gasteiger partial charge in [0.05, 0.1) is 22.5 Å². The first-order valence-electron chi connectivity index (χ1n) is 8.81. The molecule has 130 valence electrons. The zero-order valence-electron chi connectivity index (χ0n) is 14.2. The highest BCUT2D eigenvalue weighted by Crippen LogP contribution is 2.37. The molecule has 1 aromatic carbocycles. The van der Waals surface area contributed by atoms with E-state index in [9.17, 15) is 0 Å². The molecule has 0 radical (unpaired) electrons. The van der Waals surface area contributed by atoms with Crippen LogP contribution < -0.4 is 0 Å². The molecule has 3 aromatic heterocycles. The number of benzene rings is 1. The van der Waals surface area contributed by atoms with Crippen LogP contribution in [0.2, 0.25) is 0 Å². The lowest BCUT2D eigenvalue weighted by Gasteiger charge is -2.22. The van der Waals surface area contributed by atoms with Gasteiger partial charge in [-0.25, -0.2) is 15.0 Å². The topological polar surface area (TPSA) is 55.1 Å². The monoisotopic (exact) mass is 362 g/mol. The predicted molar refractivity (Wildman–Crippen MR) is 102 cm³/mol. The minimum absolute atomic E-state index is 0.386. The van der Waals surface area contributed by atoms with E-state index in [-0.39, 0.29) is 0 Å². The number of hydrogen-bond donors (Lipinski definition) is 0. The average molecular weight is 362 g/mol. The van der Waals surface area contributed by atoms with Crippen molar-refractivity contribution in [2.45, 2.75) is 25.4 Å². The van der Waals surface area contributed by atoms with Crippen LogP contribution in [0.15, 0.2) is 59.5 Å². The number of likely N-dealkylation sites (tertiary alicyclic amines) is 1. The van der Waals surface area contributed by atoms with Gasteiger partial charge in [0.15, 0.2) is 11.6 Å². The smallest absolute Gasteiger partial charge is 0.195 e. The van der Waals surface area contributed by atoms with Crippen LogP contribution in [0.25, 0.3) is 21.8 Å². The van der Waals surface area contributed by atoms with Gasteiger partial charge in [-0.15, -0.1) is 11.3 Å². The normalized spacial score (nSPS) is 17.9. The summed E-state index contributed by atoms with van der Waals surface area (Å²) in [5, 5.41) is 1.22. The zero-order valence-corrected chi connectivity index (χ0v) is 15.0. The summed E-state index contributed by atoms with van der Waals surface area (Å²) in [5.41, 5.74) is 2.22. The Morgan fingerprint density at radius 1 is 1.12 bits per heavy atom. The van der Waals surface area contributed by atoms with Crippen molar-refractivity contribution in [2.24, 2.45) is 0 Å². The fourth-order valence-corrected chi connectivity index (χ4v) is 4.67. The molecule has 1 aliphatic heterocycles. The second-order valence-electron chi connectivity index (χ2n) is 6.54. The second kappa shape index (κ2) is 6.63. The highest BCUT2D eigenvalue weighted by molar-refractivity contribution is 7.18. The van der Waals surface area contributed by atoms with E-state index >= 15 is 0 Å². The number of para-hydroxylation sites is 1. The van der Waals surface area contributed by atoms with E-state index in [4.69, 9.17) is 9.40 Å². The molecule has 1 aliphatic rings. The predicted octanol–water partition coefficient (Wildman–Crippen LogP) is 4.68. The van der Waals surface area contributed by atoms with Gasteiger partial charge >= 0.3 is 0 Å². The average Bonchev–Trinajstić information content (AvgIpc) is 3.42. The van der Waals surface area contributed by atoms with Crippen molar-refractivity contribution in [1.29, 1.82) is 0 Å². The Morgan fingerprint density at radius 3 is 2.81 bits per heavy atom. The van der Waals surface area contributed by atoms with E-state index in [1.54, 1.807) is 6.26 Å². The van der Waals surface area contributed by atoms with Gasteiger partial charge in [0, 0.05) is 24.5 Å². The molecule has 5 nitrogen and oxygen atoms in total. The molecule has 0 amide bonds. The Hall–Kier alpha value is -2.57. The van der Waals surface area contributed by atoms with Crippen molar-refractivity contribution in [3.8, 4) is 11.6 Å². The molecule has 0 bridgehead atoms. The zero-order chi connectivity index (χ0) is 17.3. The SMILES string of the molecule is c1coc(-c2ncc(CN3CCC[C@@H]3c3nc4ccccc4s3)cn2)c1. The molecular weight excluding hydrogens is 344 g/mol. The quantitative estimate of drug-likeness (QED) is 0.527. The molecule has 1 saturated heterocycles. The summed E-state index contributed by atoms with van der Waals surface area (Å²) < 4.78 is 6.62. The number of fused-ring (bicyclic) bond motifs is 1. The van der Waals surface area contributed by atoms with Crippen LogP contribution in [0, 0.1) is 0 Å². The summed E-state index contributed by atoms with van der Waals surface area (Å²) in [6.45, 7) is 1.93. The van der Waals surface area contributed by atoms with Crippen molar-refractivity contribution in [1.82, 2.24) is 19.9 Å². The molecule has 6 heteroatoms. The molecule has 5 rings (SSSR count). The van der Waals surface area contributed by atoms with Crippen molar-refractivity contribution in [2.75, 3.05) is 6.54 Å². The van der Waals surface area contributed by atoms with Crippen LogP contribution in [0.5, 0.6) is 0 Å². The molecule has 0 N–H and O–H groups in total. The Morgan fingerprint density at radius 2 is 2.00 bits per heavy atom. The standard InChI is InChI=1S/C20H18N4OS/c1-2-8-18-15(5-1)23-20(26-18)16-6-3-9-24(16)13-14-11-21-19(22-12-14)17-7-4-10-25-17/h1-2,4-5,7-8,10-12,16H,3,6,9,13H2/t16-/m1/s1. The number of rotatable bonds is 4. The summed E-state index contributed by atoms with van der Waals surface area (Å²) in [6.07, 6.45) is 7.80. The van der Waals surface area contributed by atoms with Gasteiger partial charge in [0.2, 0.25) is 0 Å². The van der Waals surface area contributed by atoms with Crippen LogP contribution in [0.3, 0.4) is 0 Å². The summed E-state index contributed by atoms with van der Waals surface area (Å²) in [7, 11) is 0. The van der Waals surface area contributed by atoms with E-state index in [1.807, 2.05) is 35.9 Å². The van der Waals surface area contributed by atoms with Crippen LogP contribution >= 0.6 is 11.3 Å². The molecule has 0 spiro atoms. The lowest BCUT2D eigenvalue weighted by molar-refractivity contribution is 0.247. The number of aromatic nitrogens is 3. The molecule has 4 heterocycles. The third-order valence-corrected chi connectivity index (χ3v) is 5.93. The van der Waals surface area contributed by atoms with Gasteiger partial charge in [0.1, 0.15) is 5.01 Å². The number of hydrogen-bond acceptors (Lipinski definition) is 6. The fraction of sp³-hybridized carbons (Fsp3) is 0.250. The van der Waals surface area contributed by atoms with E-state index < -0.39 is 0 Å². The van der Waals surface area contributed by atoms with Gasteiger partial charge < -0.3 is 4.42 Å². The summed E-state index contributed by atoms with van der Waals surface area (Å²) in [5.74, 6) is 1.33. The van der Waals surface area contributed by atoms with Crippen molar-refractivity contribution in [3.05, 3.63) is 65.6 Å². The molecule has 4 aromatic rings. The molecule has 1 fully saturated rings. The largest absolute Gasteiger partial charge is 0.461 e. The maximum absolute atomic E-state index is 5.35. The Kier molecular flexibility index (Phi) is 3.99. The van der Waals surface area contributed by atoms with E-state index in [0.29, 0.717) is 17.6 Å². The molecular formula is C20H18N4OS. The van der Waals surface area contributed by atoms with Crippen LogP contribution in [-0.2, 0) is 6.54 Å². The highest BCUT2D eigenvalue weighted by atomic mass is 32.1. The van der Waals surface area contributed by atoms with Crippen molar-refractivity contribution < 1.29 is 4.42 Å². The number of nitrogens with zero attached hydrogens (tertiary/aromatic N) is 4. The van der Waals surface area contributed by atoms with Crippen molar-refractivity contribution in [3.63, 3.8) is 0 Å². The Balaban J connectivity index is 1.36. The van der Waals surface area contributed by atoms with Gasteiger partial charge in [-0.05, 0) is 43.7 Å². The van der Waals surface area contributed by atoms with Gasteiger partial charge in [-0.2, -0.15) is 0 Å². The minimum atomic E-state index is 0.386. The van der Waals surface area contributed by atoms with Crippen LogP contribution in [0.4, 0.5) is 0 Å². The van der Waals surface area contributed by atoms with E-state index in [2.05, 4.69) is 39.1 Å². The molecule has 26 heavy (non-hydrogen) atoms. The van der Waals surface area contributed by atoms with Gasteiger partial charge in [-0.1, -0.05) is 12.1 Å². The first-order chi connectivity index (χ1) is 12.9. The molecule has 1 atom stereocenters. The highest BCUT2D eigenvalue weighted by Gasteiger charge is 2.28. The molecule has 0 unspecified atom stereocenters. The van der Waals surface area contributed by atoms with Crippen LogP contribution in [-0.4, -0.2) is 26.4 Å². The summed E-state index contributed by atoms with van der Waals surface area (Å²) >= 11 is 1.81. The number of thiazole rings is 1. The third kappa shape index (κ3) is 2.91. The van der Waals surface area contributed by atoms with Crippen molar-refractivity contribution >= 4 is 21.6 Å². The van der Waals surface area contributed by atoms with Gasteiger partial charge in [0.25, 0.3) is 0 Å². The number of furan rings is 1. The minimum Gasteiger partial charge on any atom is -0.461 e. The van der Waals surface area contributed by atoms with Crippen LogP contribution in [0.1, 0.15) is 29.5 Å². The maximum atomic E-state index is 5.35. The summed E-state index contributed by atoms with van der Waals surface area (Å²) in [6, 6.07) is 12.5. The Labute approximate surface area is 155 Å². The van der Waals surface area contributed by atoms with E-state index in [0.717, 1.165) is 30.6 Å². The first-order valence-corrected chi connectivity index (χ1v) is 9.63.